The maximum absolute atomic E-state index is 11.1. The van der Waals surface area contributed by atoms with E-state index in [0.29, 0.717) is 5.56 Å². The number of nitriles is 1. The third-order valence-electron chi connectivity index (χ3n) is 2.37. The van der Waals surface area contributed by atoms with Gasteiger partial charge in [-0.15, -0.1) is 0 Å². The molecule has 16 heavy (non-hydrogen) atoms. The Bertz CT molecular complexity index is 484. The van der Waals surface area contributed by atoms with E-state index in [1.807, 2.05) is 6.07 Å². The Balaban J connectivity index is 3.58. The van der Waals surface area contributed by atoms with Gasteiger partial charge in [-0.3, -0.25) is 0 Å². The van der Waals surface area contributed by atoms with Crippen LogP contribution in [0, 0.1) is 18.3 Å². The summed E-state index contributed by atoms with van der Waals surface area (Å²) in [5, 5.41) is 18.0. The SMILES string of the molecule is Cc1[c]([Sn]([CH3])([CH3])[CH3])ncc(C#N)c1C(=O)O. The number of carboxylic acid groups (broad SMARTS) is 1. The van der Waals surface area contributed by atoms with Crippen molar-refractivity contribution >= 4 is 28.1 Å². The van der Waals surface area contributed by atoms with E-state index in [2.05, 4.69) is 19.8 Å². The van der Waals surface area contributed by atoms with Crippen LogP contribution >= 0.6 is 0 Å². The van der Waals surface area contributed by atoms with Crippen LogP contribution in [0.25, 0.3) is 0 Å². The standard InChI is InChI=1S/C8H5N2O2.3CH3.Sn/c1-5-3-10-4-6(2-9)7(5)8(11)12;;;;/h4H,1H3,(H,11,12);3*1H3;. The third kappa shape index (κ3) is 2.35. The first kappa shape index (κ1) is 13.0. The van der Waals surface area contributed by atoms with Crippen LogP contribution in [0.15, 0.2) is 6.20 Å². The molecular formula is C11H14N2O2Sn. The van der Waals surface area contributed by atoms with E-state index in [1.54, 1.807) is 6.92 Å². The number of aromatic carboxylic acids is 1. The van der Waals surface area contributed by atoms with E-state index in [4.69, 9.17) is 10.4 Å². The van der Waals surface area contributed by atoms with Gasteiger partial charge in [0.2, 0.25) is 0 Å². The molecule has 4 nitrogen and oxygen atoms in total. The molecule has 0 aliphatic rings. The summed E-state index contributed by atoms with van der Waals surface area (Å²) in [6.45, 7) is 1.74. The fourth-order valence-electron chi connectivity index (χ4n) is 1.73. The number of hydrogen-bond donors (Lipinski definition) is 1. The van der Waals surface area contributed by atoms with Crippen molar-refractivity contribution in [3.05, 3.63) is 22.9 Å². The number of carboxylic acids is 1. The van der Waals surface area contributed by atoms with Gasteiger partial charge in [-0.2, -0.15) is 0 Å². The van der Waals surface area contributed by atoms with E-state index in [9.17, 15) is 4.79 Å². The first-order valence-electron chi connectivity index (χ1n) is 4.92. The molecule has 1 heterocycles. The molecule has 0 radical (unpaired) electrons. The van der Waals surface area contributed by atoms with Gasteiger partial charge in [0.25, 0.3) is 0 Å². The average molecular weight is 325 g/mol. The first-order valence-corrected chi connectivity index (χ1v) is 14.9. The zero-order valence-corrected chi connectivity index (χ0v) is 12.7. The van der Waals surface area contributed by atoms with Crippen molar-refractivity contribution in [1.82, 2.24) is 4.98 Å². The normalized spacial score (nSPS) is 10.9. The van der Waals surface area contributed by atoms with Gasteiger partial charge >= 0.3 is 98.9 Å². The summed E-state index contributed by atoms with van der Waals surface area (Å²) in [5.74, 6) is -1.05. The maximum atomic E-state index is 11.1. The van der Waals surface area contributed by atoms with Gasteiger partial charge in [0, 0.05) is 0 Å². The van der Waals surface area contributed by atoms with E-state index in [0.717, 1.165) is 3.71 Å². The number of nitrogens with zero attached hydrogens (tertiary/aromatic N) is 2. The van der Waals surface area contributed by atoms with Crippen molar-refractivity contribution in [3.8, 4) is 6.07 Å². The molecule has 0 amide bonds. The fourth-order valence-corrected chi connectivity index (χ4v) is 6.58. The van der Waals surface area contributed by atoms with Crippen LogP contribution in [0.5, 0.6) is 0 Å². The van der Waals surface area contributed by atoms with Crippen molar-refractivity contribution in [3.63, 3.8) is 0 Å². The molecule has 1 rings (SSSR count). The third-order valence-corrected chi connectivity index (χ3v) is 7.86. The number of hydrogen-bond acceptors (Lipinski definition) is 3. The molecule has 0 aromatic carbocycles. The predicted octanol–water partition coefficient (Wildman–Crippen LogP) is 1.51. The number of pyridine rings is 1. The van der Waals surface area contributed by atoms with Gasteiger partial charge in [0.05, 0.1) is 0 Å². The topological polar surface area (TPSA) is 74.0 Å². The van der Waals surface area contributed by atoms with Crippen molar-refractivity contribution in [2.45, 2.75) is 21.7 Å². The molecule has 0 unspecified atom stereocenters. The van der Waals surface area contributed by atoms with E-state index < -0.39 is 24.3 Å². The summed E-state index contributed by atoms with van der Waals surface area (Å²) >= 11 is -2.41. The van der Waals surface area contributed by atoms with Gasteiger partial charge in [0.1, 0.15) is 0 Å². The fraction of sp³-hybridized carbons (Fsp3) is 0.364. The molecule has 0 saturated carbocycles. The Morgan fingerprint density at radius 3 is 2.44 bits per heavy atom. The second-order valence-electron chi connectivity index (χ2n) is 4.69. The van der Waals surface area contributed by atoms with Crippen LogP contribution in [0.3, 0.4) is 0 Å². The number of carbonyl (C=O) groups is 1. The molecule has 0 bridgehead atoms. The quantitative estimate of drug-likeness (QED) is 0.837. The zero-order valence-electron chi connectivity index (χ0n) is 9.83. The van der Waals surface area contributed by atoms with Crippen LogP contribution in [0.2, 0.25) is 14.8 Å². The number of rotatable bonds is 2. The monoisotopic (exact) mass is 326 g/mol. The molecule has 84 valence electrons. The van der Waals surface area contributed by atoms with E-state index in [-0.39, 0.29) is 11.1 Å². The molecular weight excluding hydrogens is 311 g/mol. The van der Waals surface area contributed by atoms with Gasteiger partial charge in [0.15, 0.2) is 0 Å². The van der Waals surface area contributed by atoms with Crippen LogP contribution in [0.1, 0.15) is 21.5 Å². The first-order chi connectivity index (χ1) is 7.29. The molecule has 1 aromatic rings. The molecule has 0 aliphatic heterocycles. The summed E-state index contributed by atoms with van der Waals surface area (Å²) in [6.07, 6.45) is 1.38. The summed E-state index contributed by atoms with van der Waals surface area (Å²) in [4.78, 5) is 21.9. The van der Waals surface area contributed by atoms with Gasteiger partial charge < -0.3 is 0 Å². The minimum atomic E-state index is -2.41. The second-order valence-corrected chi connectivity index (χ2v) is 18.9. The van der Waals surface area contributed by atoms with Crippen molar-refractivity contribution < 1.29 is 9.90 Å². The second kappa shape index (κ2) is 4.42. The van der Waals surface area contributed by atoms with Crippen molar-refractivity contribution in [2.24, 2.45) is 0 Å². The van der Waals surface area contributed by atoms with E-state index >= 15 is 0 Å². The minimum absolute atomic E-state index is 0.110. The number of aromatic nitrogens is 1. The Morgan fingerprint density at radius 1 is 1.50 bits per heavy atom. The molecule has 5 heteroatoms. The Kier molecular flexibility index (Phi) is 3.58. The van der Waals surface area contributed by atoms with Crippen molar-refractivity contribution in [1.29, 1.82) is 5.26 Å². The molecule has 0 fully saturated rings. The van der Waals surface area contributed by atoms with Gasteiger partial charge in [-0.05, 0) is 0 Å². The van der Waals surface area contributed by atoms with E-state index in [1.165, 1.54) is 6.20 Å². The Hall–Kier alpha value is -1.09. The molecule has 1 aromatic heterocycles. The Labute approximate surface area is 98.8 Å². The Morgan fingerprint density at radius 2 is 2.06 bits per heavy atom. The summed E-state index contributed by atoms with van der Waals surface area (Å²) in [6, 6.07) is 1.88. The van der Waals surface area contributed by atoms with Crippen LogP contribution < -0.4 is 3.71 Å². The average Bonchev–Trinajstić information content (AvgIpc) is 2.14. The predicted molar refractivity (Wildman–Crippen MR) is 63.6 cm³/mol. The molecule has 0 saturated heterocycles. The summed E-state index contributed by atoms with van der Waals surface area (Å²) < 4.78 is 0.922. The molecule has 1 N–H and O–H groups in total. The zero-order chi connectivity index (χ0) is 12.5. The van der Waals surface area contributed by atoms with Crippen LogP contribution in [0.4, 0.5) is 0 Å². The molecule has 0 spiro atoms. The molecule has 0 aliphatic carbocycles. The molecule has 0 atom stereocenters. The van der Waals surface area contributed by atoms with Crippen molar-refractivity contribution in [2.75, 3.05) is 0 Å². The van der Waals surface area contributed by atoms with Crippen LogP contribution in [-0.4, -0.2) is 34.4 Å². The van der Waals surface area contributed by atoms with Crippen LogP contribution in [-0.2, 0) is 0 Å². The van der Waals surface area contributed by atoms with Gasteiger partial charge in [-0.1, -0.05) is 0 Å². The summed E-state index contributed by atoms with van der Waals surface area (Å²) in [7, 11) is 0. The van der Waals surface area contributed by atoms with Gasteiger partial charge in [-0.25, -0.2) is 0 Å². The summed E-state index contributed by atoms with van der Waals surface area (Å²) in [5.41, 5.74) is 0.915.